The van der Waals surface area contributed by atoms with Gasteiger partial charge in [-0.25, -0.2) is 19.0 Å². The van der Waals surface area contributed by atoms with Gasteiger partial charge in [-0.2, -0.15) is 0 Å². The Morgan fingerprint density at radius 2 is 1.84 bits per heavy atom. The van der Waals surface area contributed by atoms with E-state index in [2.05, 4.69) is 10.3 Å². The number of piperazine rings is 1. The molecule has 162 valence electrons. The largest absolute Gasteiger partial charge is 0.461 e. The van der Waals surface area contributed by atoms with Gasteiger partial charge in [0.05, 0.1) is 6.26 Å². The number of halogens is 1. The monoisotopic (exact) mass is 434 g/mol. The third-order valence-electron chi connectivity index (χ3n) is 5.35. The zero-order valence-electron chi connectivity index (χ0n) is 17.0. The molecule has 3 heterocycles. The highest BCUT2D eigenvalue weighted by atomic mass is 19.1. The van der Waals surface area contributed by atoms with Gasteiger partial charge in [-0.05, 0) is 30.3 Å². The number of ether oxygens (including phenoxy) is 1. The number of nitrogens with zero attached hydrogens (tertiary/aromatic N) is 3. The lowest BCUT2D eigenvalue weighted by molar-refractivity contribution is -0.130. The van der Waals surface area contributed by atoms with Gasteiger partial charge >= 0.3 is 12.0 Å². The maximum Gasteiger partial charge on any atom is 0.365 e. The van der Waals surface area contributed by atoms with Crippen molar-refractivity contribution in [3.63, 3.8) is 0 Å². The summed E-state index contributed by atoms with van der Waals surface area (Å²) in [5, 5.41) is 3.35. The van der Waals surface area contributed by atoms with E-state index in [4.69, 9.17) is 9.15 Å². The summed E-state index contributed by atoms with van der Waals surface area (Å²) in [6.07, 6.45) is 3.01. The molecule has 0 radical (unpaired) electrons. The molecule has 1 fully saturated rings. The van der Waals surface area contributed by atoms with Crippen molar-refractivity contribution in [2.45, 2.75) is 0 Å². The molecule has 8 nitrogen and oxygen atoms in total. The Balaban J connectivity index is 1.26. The van der Waals surface area contributed by atoms with Gasteiger partial charge in [0.1, 0.15) is 0 Å². The summed E-state index contributed by atoms with van der Waals surface area (Å²) in [5.41, 5.74) is 1.46. The summed E-state index contributed by atoms with van der Waals surface area (Å²) in [6, 6.07) is 13.5. The lowest BCUT2D eigenvalue weighted by atomic mass is 10.1. The Labute approximate surface area is 182 Å². The van der Waals surface area contributed by atoms with E-state index in [9.17, 15) is 14.0 Å². The summed E-state index contributed by atoms with van der Waals surface area (Å²) < 4.78 is 24.3. The molecule has 2 aromatic carbocycles. The van der Waals surface area contributed by atoms with Crippen LogP contribution in [-0.4, -0.2) is 53.9 Å². The van der Waals surface area contributed by atoms with E-state index in [0.29, 0.717) is 37.1 Å². The van der Waals surface area contributed by atoms with Crippen LogP contribution in [0.5, 0.6) is 0 Å². The Morgan fingerprint density at radius 3 is 2.62 bits per heavy atom. The molecule has 2 aliphatic rings. The summed E-state index contributed by atoms with van der Waals surface area (Å²) in [5.74, 6) is -0.970. The molecule has 0 saturated carbocycles. The molecule has 9 heteroatoms. The van der Waals surface area contributed by atoms with Crippen LogP contribution in [-0.2, 0) is 9.53 Å². The highest BCUT2D eigenvalue weighted by molar-refractivity contribution is 6.15. The Bertz CT molecular complexity index is 1240. The van der Waals surface area contributed by atoms with Crippen LogP contribution in [0, 0.1) is 5.82 Å². The highest BCUT2D eigenvalue weighted by Crippen LogP contribution is 2.27. The fraction of sp³-hybridized carbons (Fsp3) is 0.174. The lowest BCUT2D eigenvalue weighted by Crippen LogP contribution is -2.48. The van der Waals surface area contributed by atoms with E-state index < -0.39 is 11.8 Å². The predicted molar refractivity (Wildman–Crippen MR) is 115 cm³/mol. The van der Waals surface area contributed by atoms with Gasteiger partial charge in [0, 0.05) is 49.0 Å². The summed E-state index contributed by atoms with van der Waals surface area (Å²) in [7, 11) is 0. The van der Waals surface area contributed by atoms with Gasteiger partial charge in [-0.3, -0.25) is 0 Å². The van der Waals surface area contributed by atoms with Crippen molar-refractivity contribution >= 4 is 34.6 Å². The molecule has 0 aliphatic carbocycles. The summed E-state index contributed by atoms with van der Waals surface area (Å²) in [6.45, 7) is 2.10. The number of aliphatic imine (C=N–C) groups is 1. The first-order valence-corrected chi connectivity index (χ1v) is 10.1. The molecular formula is C23H19FN4O4. The molecule has 0 bridgehead atoms. The minimum absolute atomic E-state index is 0.0866. The maximum atomic E-state index is 13.9. The fourth-order valence-electron chi connectivity index (χ4n) is 3.68. The molecule has 5 rings (SSSR count). The number of benzene rings is 2. The number of esters is 1. The van der Waals surface area contributed by atoms with E-state index in [1.54, 1.807) is 17.2 Å². The molecule has 1 saturated heterocycles. The summed E-state index contributed by atoms with van der Waals surface area (Å²) in [4.78, 5) is 32.7. The van der Waals surface area contributed by atoms with E-state index >= 15 is 0 Å². The topological polar surface area (TPSA) is 87.4 Å². The standard InChI is InChI=1S/C23H19FN4O4/c24-18-7-6-17(16-8-13-31-20(16)18)21-26-19(22(29)32-21)14-27-9-11-28(12-10-27)23(30)25-15-4-2-1-3-5-15/h1-8,13-14H,9-12H2,(H,25,30)/b19-14-. The number of para-hydroxylation sites is 1. The zero-order chi connectivity index (χ0) is 22.1. The first-order valence-electron chi connectivity index (χ1n) is 10.1. The van der Waals surface area contributed by atoms with Crippen molar-refractivity contribution in [3.05, 3.63) is 78.1 Å². The predicted octanol–water partition coefficient (Wildman–Crippen LogP) is 3.57. The number of fused-ring (bicyclic) bond motifs is 1. The van der Waals surface area contributed by atoms with Crippen LogP contribution < -0.4 is 5.32 Å². The van der Waals surface area contributed by atoms with Gasteiger partial charge in [0.25, 0.3) is 0 Å². The Morgan fingerprint density at radius 1 is 1.06 bits per heavy atom. The summed E-state index contributed by atoms with van der Waals surface area (Å²) >= 11 is 0. The number of nitrogens with one attached hydrogen (secondary N) is 1. The van der Waals surface area contributed by atoms with Crippen molar-refractivity contribution in [1.29, 1.82) is 0 Å². The molecule has 1 N–H and O–H groups in total. The SMILES string of the molecule is O=C1OC(c2ccc(F)c3occc23)=N/C1=C\N1CCN(C(=O)Nc2ccccc2)CC1. The van der Waals surface area contributed by atoms with Gasteiger partial charge in [-0.15, -0.1) is 0 Å². The molecule has 0 unspecified atom stereocenters. The van der Waals surface area contributed by atoms with E-state index in [1.807, 2.05) is 35.2 Å². The number of hydrogen-bond acceptors (Lipinski definition) is 6. The smallest absolute Gasteiger partial charge is 0.365 e. The maximum absolute atomic E-state index is 13.9. The third kappa shape index (κ3) is 3.80. The van der Waals surface area contributed by atoms with Gasteiger partial charge in [-0.1, -0.05) is 18.2 Å². The van der Waals surface area contributed by atoms with Crippen LogP contribution in [0.25, 0.3) is 11.0 Å². The second-order valence-corrected chi connectivity index (χ2v) is 7.40. The van der Waals surface area contributed by atoms with Crippen LogP contribution in [0.3, 0.4) is 0 Å². The highest BCUT2D eigenvalue weighted by Gasteiger charge is 2.28. The van der Waals surface area contributed by atoms with Gasteiger partial charge < -0.3 is 24.3 Å². The molecular weight excluding hydrogens is 415 g/mol. The van der Waals surface area contributed by atoms with Gasteiger partial charge in [0.15, 0.2) is 17.1 Å². The molecule has 2 aliphatic heterocycles. The second-order valence-electron chi connectivity index (χ2n) is 7.40. The Kier molecular flexibility index (Phi) is 5.06. The first-order chi connectivity index (χ1) is 15.6. The van der Waals surface area contributed by atoms with E-state index in [0.717, 1.165) is 5.69 Å². The molecule has 3 aromatic rings. The van der Waals surface area contributed by atoms with Crippen LogP contribution in [0.1, 0.15) is 5.56 Å². The quantitative estimate of drug-likeness (QED) is 0.503. The second kappa shape index (κ2) is 8.18. The number of furan rings is 1. The third-order valence-corrected chi connectivity index (χ3v) is 5.35. The number of rotatable bonds is 3. The van der Waals surface area contributed by atoms with Crippen LogP contribution in [0.4, 0.5) is 14.9 Å². The average molecular weight is 434 g/mol. The number of urea groups is 1. The van der Waals surface area contributed by atoms with E-state index in [1.165, 1.54) is 18.4 Å². The molecule has 32 heavy (non-hydrogen) atoms. The van der Waals surface area contributed by atoms with Crippen LogP contribution in [0.2, 0.25) is 0 Å². The molecule has 0 atom stereocenters. The van der Waals surface area contributed by atoms with Crippen molar-refractivity contribution in [2.24, 2.45) is 4.99 Å². The molecule has 0 spiro atoms. The van der Waals surface area contributed by atoms with Gasteiger partial charge in [0.2, 0.25) is 5.90 Å². The molecule has 2 amide bonds. The van der Waals surface area contributed by atoms with Crippen molar-refractivity contribution < 1.29 is 23.1 Å². The van der Waals surface area contributed by atoms with Crippen molar-refractivity contribution in [2.75, 3.05) is 31.5 Å². The van der Waals surface area contributed by atoms with Crippen LogP contribution >= 0.6 is 0 Å². The average Bonchev–Trinajstić information content (AvgIpc) is 3.43. The molecule has 1 aromatic heterocycles. The number of carbonyl (C=O) groups excluding carboxylic acids is 2. The number of cyclic esters (lactones) is 1. The Hall–Kier alpha value is -4.14. The number of anilines is 1. The van der Waals surface area contributed by atoms with Crippen molar-refractivity contribution in [1.82, 2.24) is 9.80 Å². The number of carbonyl (C=O) groups is 2. The van der Waals surface area contributed by atoms with Crippen molar-refractivity contribution in [3.8, 4) is 0 Å². The minimum atomic E-state index is -0.578. The lowest BCUT2D eigenvalue weighted by Gasteiger charge is -2.34. The zero-order valence-corrected chi connectivity index (χ0v) is 17.0. The first kappa shape index (κ1) is 19.8. The minimum Gasteiger partial charge on any atom is -0.461 e. The normalized spacial score (nSPS) is 17.6. The fourth-order valence-corrected chi connectivity index (χ4v) is 3.68. The number of hydrogen-bond donors (Lipinski definition) is 1. The van der Waals surface area contributed by atoms with E-state index in [-0.39, 0.29) is 23.2 Å². The number of amides is 2. The van der Waals surface area contributed by atoms with Crippen LogP contribution in [0.15, 0.2) is 76.1 Å².